The SMILES string of the molecule is COCC(NC(=O)c1ccc(C(=O)O)nc1)C1CC1. The molecule has 1 atom stereocenters. The fourth-order valence-electron chi connectivity index (χ4n) is 1.88. The second kappa shape index (κ2) is 5.79. The number of aromatic nitrogens is 1. The van der Waals surface area contributed by atoms with Crippen LogP contribution in [0.5, 0.6) is 0 Å². The average Bonchev–Trinajstić information content (AvgIpc) is 3.22. The Bertz CT molecular complexity index is 468. The van der Waals surface area contributed by atoms with E-state index in [4.69, 9.17) is 9.84 Å². The van der Waals surface area contributed by atoms with Crippen LogP contribution in [0.4, 0.5) is 0 Å². The van der Waals surface area contributed by atoms with E-state index in [9.17, 15) is 9.59 Å². The van der Waals surface area contributed by atoms with E-state index in [2.05, 4.69) is 10.3 Å². The van der Waals surface area contributed by atoms with Gasteiger partial charge in [0.1, 0.15) is 5.69 Å². The fourth-order valence-corrected chi connectivity index (χ4v) is 1.88. The topological polar surface area (TPSA) is 88.5 Å². The summed E-state index contributed by atoms with van der Waals surface area (Å²) < 4.78 is 5.08. The van der Waals surface area contributed by atoms with Crippen molar-refractivity contribution in [1.82, 2.24) is 10.3 Å². The van der Waals surface area contributed by atoms with Gasteiger partial charge in [-0.1, -0.05) is 0 Å². The maximum absolute atomic E-state index is 12.0. The molecule has 1 aromatic heterocycles. The summed E-state index contributed by atoms with van der Waals surface area (Å²) in [7, 11) is 1.60. The van der Waals surface area contributed by atoms with Gasteiger partial charge in [-0.05, 0) is 30.9 Å². The number of amides is 1. The van der Waals surface area contributed by atoms with Gasteiger partial charge < -0.3 is 15.2 Å². The highest BCUT2D eigenvalue weighted by molar-refractivity contribution is 5.95. The number of carboxylic acid groups (broad SMARTS) is 1. The lowest BCUT2D eigenvalue weighted by atomic mass is 10.1. The average molecular weight is 264 g/mol. The third kappa shape index (κ3) is 3.51. The summed E-state index contributed by atoms with van der Waals surface area (Å²) >= 11 is 0. The summed E-state index contributed by atoms with van der Waals surface area (Å²) in [6.07, 6.45) is 3.48. The smallest absolute Gasteiger partial charge is 0.354 e. The lowest BCUT2D eigenvalue weighted by Gasteiger charge is -2.17. The molecule has 0 aliphatic heterocycles. The molecule has 1 saturated carbocycles. The van der Waals surface area contributed by atoms with Gasteiger partial charge in [0.25, 0.3) is 5.91 Å². The minimum absolute atomic E-state index is 0.0108. The standard InChI is InChI=1S/C13H16N2O4/c1-19-7-11(8-2-3-8)15-12(16)9-4-5-10(13(17)18)14-6-9/h4-6,8,11H,2-3,7H2,1H3,(H,15,16)(H,17,18). The van der Waals surface area contributed by atoms with Crippen molar-refractivity contribution in [3.8, 4) is 0 Å². The number of ether oxygens (including phenoxy) is 1. The molecule has 102 valence electrons. The Kier molecular flexibility index (Phi) is 4.11. The zero-order chi connectivity index (χ0) is 13.8. The van der Waals surface area contributed by atoms with Gasteiger partial charge in [0, 0.05) is 13.3 Å². The van der Waals surface area contributed by atoms with Crippen molar-refractivity contribution in [3.05, 3.63) is 29.6 Å². The monoisotopic (exact) mass is 264 g/mol. The van der Waals surface area contributed by atoms with E-state index in [0.29, 0.717) is 18.1 Å². The second-order valence-electron chi connectivity index (χ2n) is 4.61. The number of carbonyl (C=O) groups excluding carboxylic acids is 1. The molecule has 1 unspecified atom stereocenters. The number of hydrogen-bond donors (Lipinski definition) is 2. The maximum atomic E-state index is 12.0. The Morgan fingerprint density at radius 2 is 2.26 bits per heavy atom. The van der Waals surface area contributed by atoms with Gasteiger partial charge in [-0.25, -0.2) is 9.78 Å². The molecule has 0 bridgehead atoms. The molecule has 2 rings (SSSR count). The first-order valence-corrected chi connectivity index (χ1v) is 6.11. The van der Waals surface area contributed by atoms with Crippen LogP contribution >= 0.6 is 0 Å². The molecule has 0 saturated heterocycles. The zero-order valence-corrected chi connectivity index (χ0v) is 10.6. The van der Waals surface area contributed by atoms with Gasteiger partial charge in [-0.15, -0.1) is 0 Å². The largest absolute Gasteiger partial charge is 0.477 e. The number of rotatable bonds is 6. The van der Waals surface area contributed by atoms with E-state index in [0.717, 1.165) is 12.8 Å². The molecular formula is C13H16N2O4. The number of nitrogens with zero attached hydrogens (tertiary/aromatic N) is 1. The van der Waals surface area contributed by atoms with Gasteiger partial charge in [0.2, 0.25) is 0 Å². The van der Waals surface area contributed by atoms with Crippen LogP contribution in [0, 0.1) is 5.92 Å². The van der Waals surface area contributed by atoms with Gasteiger partial charge in [0.15, 0.2) is 0 Å². The number of pyridine rings is 1. The second-order valence-corrected chi connectivity index (χ2v) is 4.61. The first kappa shape index (κ1) is 13.5. The van der Waals surface area contributed by atoms with E-state index in [1.165, 1.54) is 18.3 Å². The van der Waals surface area contributed by atoms with Crippen molar-refractivity contribution < 1.29 is 19.4 Å². The Labute approximate surface area is 110 Å². The summed E-state index contributed by atoms with van der Waals surface area (Å²) in [5.74, 6) is -0.879. The molecule has 6 nitrogen and oxygen atoms in total. The van der Waals surface area contributed by atoms with E-state index in [1.54, 1.807) is 7.11 Å². The first-order valence-electron chi connectivity index (χ1n) is 6.11. The molecule has 6 heteroatoms. The van der Waals surface area contributed by atoms with Gasteiger partial charge in [-0.3, -0.25) is 4.79 Å². The molecule has 1 aliphatic rings. The molecule has 0 aromatic carbocycles. The van der Waals surface area contributed by atoms with Crippen LogP contribution in [0.3, 0.4) is 0 Å². The number of hydrogen-bond acceptors (Lipinski definition) is 4. The van der Waals surface area contributed by atoms with Crippen LogP contribution in [0.25, 0.3) is 0 Å². The molecular weight excluding hydrogens is 248 g/mol. The summed E-state index contributed by atoms with van der Waals surface area (Å²) in [4.78, 5) is 26.4. The molecule has 1 aromatic rings. The van der Waals surface area contributed by atoms with Crippen molar-refractivity contribution >= 4 is 11.9 Å². The van der Waals surface area contributed by atoms with Crippen LogP contribution in [-0.2, 0) is 4.74 Å². The quantitative estimate of drug-likeness (QED) is 0.798. The highest BCUT2D eigenvalue weighted by Gasteiger charge is 2.32. The summed E-state index contributed by atoms with van der Waals surface area (Å²) in [5, 5.41) is 11.6. The van der Waals surface area contributed by atoms with Gasteiger partial charge in [-0.2, -0.15) is 0 Å². The van der Waals surface area contributed by atoms with Gasteiger partial charge >= 0.3 is 5.97 Å². The number of aromatic carboxylic acids is 1. The Morgan fingerprint density at radius 3 is 2.74 bits per heavy atom. The van der Waals surface area contributed by atoms with E-state index < -0.39 is 5.97 Å². The van der Waals surface area contributed by atoms with Crippen LogP contribution in [-0.4, -0.2) is 41.7 Å². The molecule has 19 heavy (non-hydrogen) atoms. The van der Waals surface area contributed by atoms with E-state index in [-0.39, 0.29) is 17.6 Å². The molecule has 2 N–H and O–H groups in total. The predicted octanol–water partition coefficient (Wildman–Crippen LogP) is 0.935. The zero-order valence-electron chi connectivity index (χ0n) is 10.6. The summed E-state index contributed by atoms with van der Waals surface area (Å²) in [5.41, 5.74) is 0.277. The maximum Gasteiger partial charge on any atom is 0.354 e. The molecule has 1 aliphatic carbocycles. The number of methoxy groups -OCH3 is 1. The summed E-state index contributed by atoms with van der Waals surface area (Å²) in [6.45, 7) is 0.483. The first-order chi connectivity index (χ1) is 9.11. The van der Waals surface area contributed by atoms with Crippen LogP contribution in [0.1, 0.15) is 33.7 Å². The predicted molar refractivity (Wildman–Crippen MR) is 67.1 cm³/mol. The van der Waals surface area contributed by atoms with Crippen molar-refractivity contribution in [1.29, 1.82) is 0 Å². The minimum atomic E-state index is -1.11. The normalized spacial score (nSPS) is 15.8. The number of carbonyl (C=O) groups is 2. The highest BCUT2D eigenvalue weighted by atomic mass is 16.5. The molecule has 1 heterocycles. The third-order valence-corrected chi connectivity index (χ3v) is 3.10. The van der Waals surface area contributed by atoms with Crippen molar-refractivity contribution in [2.45, 2.75) is 18.9 Å². The fraction of sp³-hybridized carbons (Fsp3) is 0.462. The van der Waals surface area contributed by atoms with Crippen LogP contribution in [0.15, 0.2) is 18.3 Å². The lowest BCUT2D eigenvalue weighted by molar-refractivity contribution is 0.0689. The lowest BCUT2D eigenvalue weighted by Crippen LogP contribution is -2.39. The van der Waals surface area contributed by atoms with Crippen LogP contribution < -0.4 is 5.32 Å². The van der Waals surface area contributed by atoms with Crippen molar-refractivity contribution in [3.63, 3.8) is 0 Å². The van der Waals surface area contributed by atoms with Gasteiger partial charge in [0.05, 0.1) is 18.2 Å². The number of carboxylic acids is 1. The van der Waals surface area contributed by atoms with E-state index >= 15 is 0 Å². The molecule has 0 radical (unpaired) electrons. The Morgan fingerprint density at radius 1 is 1.53 bits per heavy atom. The highest BCUT2D eigenvalue weighted by Crippen LogP contribution is 2.32. The van der Waals surface area contributed by atoms with Crippen molar-refractivity contribution in [2.24, 2.45) is 5.92 Å². The van der Waals surface area contributed by atoms with Crippen LogP contribution in [0.2, 0.25) is 0 Å². The molecule has 0 spiro atoms. The Hall–Kier alpha value is -1.95. The summed E-state index contributed by atoms with van der Waals surface area (Å²) in [6, 6.07) is 2.79. The Balaban J connectivity index is 2.00. The number of nitrogens with one attached hydrogen (secondary N) is 1. The third-order valence-electron chi connectivity index (χ3n) is 3.10. The van der Waals surface area contributed by atoms with E-state index in [1.807, 2.05) is 0 Å². The minimum Gasteiger partial charge on any atom is -0.477 e. The molecule has 1 fully saturated rings. The van der Waals surface area contributed by atoms with Crippen molar-refractivity contribution in [2.75, 3.05) is 13.7 Å². The molecule has 1 amide bonds.